The molecule has 0 aliphatic carbocycles. The van der Waals surface area contributed by atoms with E-state index in [9.17, 15) is 9.90 Å². The van der Waals surface area contributed by atoms with Gasteiger partial charge in [0, 0.05) is 36.4 Å². The summed E-state index contributed by atoms with van der Waals surface area (Å²) in [5.74, 6) is 1.79. The number of phenols is 1. The Morgan fingerprint density at radius 1 is 1.25 bits per heavy atom. The van der Waals surface area contributed by atoms with Crippen LogP contribution in [0.4, 0.5) is 10.6 Å². The van der Waals surface area contributed by atoms with Gasteiger partial charge in [-0.3, -0.25) is 0 Å². The molecule has 2 N–H and O–H groups in total. The average molecular weight is 443 g/mol. The van der Waals surface area contributed by atoms with Crippen LogP contribution in [-0.2, 0) is 9.47 Å². The van der Waals surface area contributed by atoms with Crippen molar-refractivity contribution < 1.29 is 23.7 Å². The molecule has 0 spiro atoms. The number of carbonyl (C=O) groups is 1. The smallest absolute Gasteiger partial charge is 0.407 e. The number of aromatic nitrogens is 2. The number of rotatable bonds is 7. The first kappa shape index (κ1) is 21.8. The van der Waals surface area contributed by atoms with E-state index < -0.39 is 6.09 Å². The number of fused-ring (bicyclic) bond motifs is 1. The summed E-state index contributed by atoms with van der Waals surface area (Å²) >= 11 is 0. The third-order valence-electron chi connectivity index (χ3n) is 5.62. The fraction of sp³-hybridized carbons (Fsp3) is 0.375. The van der Waals surface area contributed by atoms with Crippen LogP contribution in [0.25, 0.3) is 22.3 Å². The van der Waals surface area contributed by atoms with Crippen LogP contribution in [0.5, 0.6) is 5.75 Å². The SMILES string of the molecule is COCCOC(=O)NC[C@@H]1CCN(c2nc(-c3ccccc3O)nc3cc(C)ccc23)C1.[HH].[HH].[HH]. The Morgan fingerprint density at radius 2 is 2.09 bits per heavy atom. The molecule has 0 radical (unpaired) electrons. The summed E-state index contributed by atoms with van der Waals surface area (Å²) in [5, 5.41) is 14.1. The molecule has 1 aromatic heterocycles. The van der Waals surface area contributed by atoms with Gasteiger partial charge in [0.05, 0.1) is 17.7 Å². The normalized spacial score (nSPS) is 15.8. The summed E-state index contributed by atoms with van der Waals surface area (Å²) in [4.78, 5) is 23.6. The molecule has 0 saturated carbocycles. The highest BCUT2D eigenvalue weighted by atomic mass is 16.6. The second-order valence-corrected chi connectivity index (χ2v) is 8.02. The van der Waals surface area contributed by atoms with E-state index in [-0.39, 0.29) is 22.6 Å². The minimum absolute atomic E-state index is 0. The predicted molar refractivity (Wildman–Crippen MR) is 129 cm³/mol. The molecule has 2 heterocycles. The molecule has 1 aliphatic rings. The summed E-state index contributed by atoms with van der Waals surface area (Å²) in [6, 6.07) is 13.2. The van der Waals surface area contributed by atoms with Crippen LogP contribution >= 0.6 is 0 Å². The number of anilines is 1. The first-order valence-electron chi connectivity index (χ1n) is 10.8. The number of phenolic OH excluding ortho intramolecular Hbond substituents is 1. The highest BCUT2D eigenvalue weighted by Crippen LogP contribution is 2.33. The van der Waals surface area contributed by atoms with Gasteiger partial charge in [-0.1, -0.05) is 18.2 Å². The quantitative estimate of drug-likeness (QED) is 0.528. The molecule has 174 valence electrons. The predicted octanol–water partition coefficient (Wildman–Crippen LogP) is 4.25. The molecular weight excluding hydrogens is 408 g/mol. The molecule has 1 atom stereocenters. The van der Waals surface area contributed by atoms with E-state index >= 15 is 0 Å². The maximum absolute atomic E-state index is 11.8. The first-order valence-corrected chi connectivity index (χ1v) is 10.8. The van der Waals surface area contributed by atoms with E-state index in [0.717, 1.165) is 41.8 Å². The molecule has 0 bridgehead atoms. The fourth-order valence-corrected chi connectivity index (χ4v) is 3.94. The van der Waals surface area contributed by atoms with Crippen molar-refractivity contribution in [3.63, 3.8) is 0 Å². The van der Waals surface area contributed by atoms with Gasteiger partial charge in [-0.2, -0.15) is 0 Å². The number of alkyl carbamates (subject to hydrolysis) is 1. The van der Waals surface area contributed by atoms with Gasteiger partial charge in [0.1, 0.15) is 18.2 Å². The van der Waals surface area contributed by atoms with Crippen molar-refractivity contribution in [3.05, 3.63) is 48.0 Å². The number of hydrogen-bond donors (Lipinski definition) is 2. The number of nitrogens with zero attached hydrogens (tertiary/aromatic N) is 3. The molecule has 1 aliphatic heterocycles. The van der Waals surface area contributed by atoms with Gasteiger partial charge in [0.25, 0.3) is 0 Å². The third kappa shape index (κ3) is 4.91. The number of benzene rings is 2. The highest BCUT2D eigenvalue weighted by molar-refractivity contribution is 5.92. The van der Waals surface area contributed by atoms with E-state index in [1.54, 1.807) is 19.2 Å². The third-order valence-corrected chi connectivity index (χ3v) is 5.62. The van der Waals surface area contributed by atoms with Crippen molar-refractivity contribution in [3.8, 4) is 17.1 Å². The van der Waals surface area contributed by atoms with Crippen molar-refractivity contribution in [2.75, 3.05) is 44.9 Å². The largest absolute Gasteiger partial charge is 0.507 e. The lowest BCUT2D eigenvalue weighted by Gasteiger charge is -2.21. The molecular formula is C24H34N4O4. The van der Waals surface area contributed by atoms with Gasteiger partial charge in [-0.25, -0.2) is 14.8 Å². The minimum Gasteiger partial charge on any atom is -0.507 e. The van der Waals surface area contributed by atoms with Crippen molar-refractivity contribution in [2.24, 2.45) is 5.92 Å². The zero-order valence-electron chi connectivity index (χ0n) is 18.4. The monoisotopic (exact) mass is 442 g/mol. The van der Waals surface area contributed by atoms with Crippen molar-refractivity contribution in [2.45, 2.75) is 13.3 Å². The van der Waals surface area contributed by atoms with Gasteiger partial charge >= 0.3 is 6.09 Å². The molecule has 1 amide bonds. The second kappa shape index (κ2) is 9.82. The fourth-order valence-electron chi connectivity index (χ4n) is 3.94. The maximum Gasteiger partial charge on any atom is 0.407 e. The van der Waals surface area contributed by atoms with Crippen LogP contribution in [0, 0.1) is 12.8 Å². The Hall–Kier alpha value is -3.39. The summed E-state index contributed by atoms with van der Waals surface area (Å²) < 4.78 is 9.95. The summed E-state index contributed by atoms with van der Waals surface area (Å²) in [7, 11) is 1.57. The number of amides is 1. The van der Waals surface area contributed by atoms with Crippen LogP contribution in [0.1, 0.15) is 16.3 Å². The van der Waals surface area contributed by atoms with Crippen molar-refractivity contribution in [1.82, 2.24) is 15.3 Å². The molecule has 0 unspecified atom stereocenters. The number of hydrogen-bond acceptors (Lipinski definition) is 7. The Kier molecular flexibility index (Phi) is 6.70. The Balaban J connectivity index is 0.00000204. The molecule has 1 saturated heterocycles. The molecule has 1 fully saturated rings. The molecule has 8 heteroatoms. The van der Waals surface area contributed by atoms with Gasteiger partial charge in [0.2, 0.25) is 0 Å². The zero-order chi connectivity index (χ0) is 22.5. The number of aryl methyl sites for hydroxylation is 1. The average Bonchev–Trinajstić information content (AvgIpc) is 3.26. The number of carbonyl (C=O) groups excluding carboxylic acids is 1. The molecule has 4 rings (SSSR count). The van der Waals surface area contributed by atoms with E-state index in [1.165, 1.54) is 0 Å². The van der Waals surface area contributed by atoms with Crippen molar-refractivity contribution >= 4 is 22.8 Å². The van der Waals surface area contributed by atoms with E-state index in [4.69, 9.17) is 19.4 Å². The number of nitrogens with one attached hydrogen (secondary N) is 1. The summed E-state index contributed by atoms with van der Waals surface area (Å²) in [6.45, 7) is 4.77. The van der Waals surface area contributed by atoms with Crippen LogP contribution < -0.4 is 10.2 Å². The molecule has 32 heavy (non-hydrogen) atoms. The summed E-state index contributed by atoms with van der Waals surface area (Å²) in [5.41, 5.74) is 2.56. The van der Waals surface area contributed by atoms with Crippen LogP contribution in [0.15, 0.2) is 42.5 Å². The number of aromatic hydroxyl groups is 1. The Bertz CT molecular complexity index is 1120. The van der Waals surface area contributed by atoms with Crippen LogP contribution in [-0.4, -0.2) is 61.1 Å². The maximum atomic E-state index is 11.8. The molecule has 2 aromatic carbocycles. The Labute approximate surface area is 191 Å². The summed E-state index contributed by atoms with van der Waals surface area (Å²) in [6.07, 6.45) is 0.507. The molecule has 8 nitrogen and oxygen atoms in total. The first-order chi connectivity index (χ1) is 15.5. The topological polar surface area (TPSA) is 96.8 Å². The lowest BCUT2D eigenvalue weighted by Crippen LogP contribution is -2.32. The van der Waals surface area contributed by atoms with Gasteiger partial charge < -0.3 is 24.8 Å². The zero-order valence-corrected chi connectivity index (χ0v) is 18.4. The molecule has 3 aromatic rings. The standard InChI is InChI=1S/C24H28N4O4.3H2/c1-16-7-8-18-20(13-16)26-22(19-5-3-4-6-21(19)29)27-23(18)28-10-9-17(15-28)14-25-24(30)32-12-11-31-2;;;/h3-8,13,17,29H,9-12,14-15H2,1-2H3,(H,25,30);3*1H/t17-;;;/m0.../s1. The van der Waals surface area contributed by atoms with Gasteiger partial charge in [0.15, 0.2) is 5.82 Å². The van der Waals surface area contributed by atoms with Crippen LogP contribution in [0.3, 0.4) is 0 Å². The van der Waals surface area contributed by atoms with E-state index in [2.05, 4.69) is 16.3 Å². The number of ether oxygens (including phenoxy) is 2. The van der Waals surface area contributed by atoms with Gasteiger partial charge in [-0.05, 0) is 49.1 Å². The lowest BCUT2D eigenvalue weighted by molar-refractivity contribution is 0.0979. The minimum atomic E-state index is -0.426. The van der Waals surface area contributed by atoms with Crippen LogP contribution in [0.2, 0.25) is 0 Å². The Morgan fingerprint density at radius 3 is 2.91 bits per heavy atom. The second-order valence-electron chi connectivity index (χ2n) is 8.02. The lowest BCUT2D eigenvalue weighted by atomic mass is 10.1. The number of para-hydroxylation sites is 1. The van der Waals surface area contributed by atoms with Crippen molar-refractivity contribution in [1.29, 1.82) is 0 Å². The van der Waals surface area contributed by atoms with Gasteiger partial charge in [-0.15, -0.1) is 0 Å². The number of methoxy groups -OCH3 is 1. The van der Waals surface area contributed by atoms with E-state index in [1.807, 2.05) is 31.2 Å². The highest BCUT2D eigenvalue weighted by Gasteiger charge is 2.26. The van der Waals surface area contributed by atoms with E-state index in [0.29, 0.717) is 24.5 Å².